The number of ether oxygens (including phenoxy) is 1. The molecule has 3 N–H and O–H groups in total. The van der Waals surface area contributed by atoms with Crippen LogP contribution in [0.3, 0.4) is 0 Å². The number of carbonyl (C=O) groups excluding carboxylic acids is 1. The molecule has 3 unspecified atom stereocenters. The molecular formula is C12H18N5O3Tl. The van der Waals surface area contributed by atoms with Crippen LogP contribution >= 0.6 is 0 Å². The van der Waals surface area contributed by atoms with Gasteiger partial charge in [0.25, 0.3) is 0 Å². The van der Waals surface area contributed by atoms with Gasteiger partial charge in [-0.3, -0.25) is 0 Å². The molecule has 1 aromatic rings. The fourth-order valence-electron chi connectivity index (χ4n) is 2.43. The van der Waals surface area contributed by atoms with Gasteiger partial charge in [0.1, 0.15) is 0 Å². The Morgan fingerprint density at radius 1 is 1.76 bits per heavy atom. The molecule has 21 heavy (non-hydrogen) atoms. The Balaban J connectivity index is 2.32. The molecule has 2 rings (SSSR count). The Morgan fingerprint density at radius 3 is 3.05 bits per heavy atom. The van der Waals surface area contributed by atoms with E-state index in [1.807, 2.05) is 6.92 Å². The SMILES string of the molecule is CN=C([NH][Tl])Nc1c(C=O)ncn1C1OC(CO)CC1C. The maximum absolute atomic E-state index is 11.2. The molecule has 0 aliphatic carbocycles. The van der Waals surface area contributed by atoms with Gasteiger partial charge in [0.05, 0.1) is 0 Å². The number of rotatable bonds is 4. The summed E-state index contributed by atoms with van der Waals surface area (Å²) < 4.78 is 10.7. The molecule has 1 fully saturated rings. The summed E-state index contributed by atoms with van der Waals surface area (Å²) >= 11 is 0.526. The van der Waals surface area contributed by atoms with Crippen molar-refractivity contribution in [3.63, 3.8) is 0 Å². The van der Waals surface area contributed by atoms with Crippen LogP contribution in [0.25, 0.3) is 0 Å². The molecule has 8 nitrogen and oxygen atoms in total. The van der Waals surface area contributed by atoms with E-state index >= 15 is 0 Å². The van der Waals surface area contributed by atoms with Crippen LogP contribution in [-0.2, 0) is 4.74 Å². The first-order valence-corrected chi connectivity index (χ1v) is 8.87. The van der Waals surface area contributed by atoms with Gasteiger partial charge in [0.15, 0.2) is 0 Å². The molecule has 0 aromatic carbocycles. The van der Waals surface area contributed by atoms with E-state index in [2.05, 4.69) is 18.4 Å². The standard InChI is InChI=1S/C12H19N5O3.Tl/c1-7-3-8(4-18)20-11(7)17-6-15-9(5-19)10(17)16-12(13)14-2;/h5-8,11,18H,3-4H2,1-2H3,(H3,13,14,16,19);/q;+1/p-1. The minimum atomic E-state index is -0.263. The third-order valence-corrected chi connectivity index (χ3v) is 4.52. The molecule has 0 radical (unpaired) electrons. The summed E-state index contributed by atoms with van der Waals surface area (Å²) in [5.41, 5.74) is 0.305. The molecule has 0 spiro atoms. The Hall–Kier alpha value is -1.01. The summed E-state index contributed by atoms with van der Waals surface area (Å²) in [7, 11) is 1.66. The number of aliphatic hydroxyl groups is 1. The first-order valence-electron chi connectivity index (χ1n) is 6.63. The quantitative estimate of drug-likeness (QED) is 0.235. The van der Waals surface area contributed by atoms with Crippen LogP contribution in [0.1, 0.15) is 30.1 Å². The molecule has 2 heterocycles. The van der Waals surface area contributed by atoms with Crippen LogP contribution in [0.4, 0.5) is 5.82 Å². The zero-order chi connectivity index (χ0) is 15.4. The molecule has 0 amide bonds. The minimum absolute atomic E-state index is 0.0102. The molecule has 9 heteroatoms. The van der Waals surface area contributed by atoms with Crippen molar-refractivity contribution in [3.8, 4) is 0 Å². The summed E-state index contributed by atoms with van der Waals surface area (Å²) in [6, 6.07) is 0. The summed E-state index contributed by atoms with van der Waals surface area (Å²) in [6.45, 7) is 2.04. The second-order valence-electron chi connectivity index (χ2n) is 4.89. The number of guanidine groups is 1. The topological polar surface area (TPSA) is 101 Å². The molecule has 0 saturated carbocycles. The van der Waals surface area contributed by atoms with Gasteiger partial charge in [-0.15, -0.1) is 0 Å². The summed E-state index contributed by atoms with van der Waals surface area (Å²) in [5.74, 6) is 1.35. The number of aldehydes is 1. The first-order chi connectivity index (χ1) is 10.1. The molecular weight excluding hydrogens is 467 g/mol. The maximum atomic E-state index is 11.2. The second-order valence-corrected chi connectivity index (χ2v) is 6.01. The number of aromatic nitrogens is 2. The zero-order valence-corrected chi connectivity index (χ0v) is 16.5. The predicted molar refractivity (Wildman–Crippen MR) is 78.3 cm³/mol. The van der Waals surface area contributed by atoms with Crippen LogP contribution in [0.15, 0.2) is 11.3 Å². The van der Waals surface area contributed by atoms with Gasteiger partial charge in [-0.2, -0.15) is 0 Å². The van der Waals surface area contributed by atoms with Crippen molar-refractivity contribution in [2.45, 2.75) is 25.7 Å². The normalized spacial score (nSPS) is 25.8. The number of nitrogens with one attached hydrogen (secondary N) is 2. The summed E-state index contributed by atoms with van der Waals surface area (Å²) in [4.78, 5) is 19.3. The number of hydrogen-bond donors (Lipinski definition) is 3. The van der Waals surface area contributed by atoms with E-state index < -0.39 is 0 Å². The summed E-state index contributed by atoms with van der Waals surface area (Å²) in [5, 5.41) is 12.3. The average molecular weight is 485 g/mol. The van der Waals surface area contributed by atoms with Crippen molar-refractivity contribution in [1.82, 2.24) is 12.7 Å². The number of imidazole rings is 1. The van der Waals surface area contributed by atoms with E-state index in [0.717, 1.165) is 6.42 Å². The van der Waals surface area contributed by atoms with Crippen molar-refractivity contribution >= 4 is 44.1 Å². The molecule has 1 aliphatic heterocycles. The molecule has 1 saturated heterocycles. The van der Waals surface area contributed by atoms with E-state index in [-0.39, 0.29) is 24.9 Å². The average Bonchev–Trinajstić information content (AvgIpc) is 3.07. The fraction of sp³-hybridized carbons (Fsp3) is 0.583. The van der Waals surface area contributed by atoms with E-state index in [0.29, 0.717) is 49.8 Å². The molecule has 1 aliphatic rings. The summed E-state index contributed by atoms with van der Waals surface area (Å²) in [6.07, 6.45) is 2.60. The fourth-order valence-corrected chi connectivity index (χ4v) is 3.21. The van der Waals surface area contributed by atoms with Crippen molar-refractivity contribution < 1.29 is 14.6 Å². The van der Waals surface area contributed by atoms with Gasteiger partial charge < -0.3 is 0 Å². The van der Waals surface area contributed by atoms with Gasteiger partial charge in [-0.25, -0.2) is 0 Å². The first kappa shape index (κ1) is 16.4. The van der Waals surface area contributed by atoms with Gasteiger partial charge in [-0.05, 0) is 0 Å². The Labute approximate surface area is 139 Å². The zero-order valence-electron chi connectivity index (χ0n) is 12.0. The van der Waals surface area contributed by atoms with Crippen LogP contribution in [-0.4, -0.2) is 72.7 Å². The van der Waals surface area contributed by atoms with E-state index in [1.54, 1.807) is 17.9 Å². The third-order valence-electron chi connectivity index (χ3n) is 3.46. The van der Waals surface area contributed by atoms with Gasteiger partial charge in [0.2, 0.25) is 0 Å². The molecule has 112 valence electrons. The third kappa shape index (κ3) is 3.43. The van der Waals surface area contributed by atoms with Crippen molar-refractivity contribution in [2.24, 2.45) is 10.9 Å². The van der Waals surface area contributed by atoms with Gasteiger partial charge >= 0.3 is 139 Å². The molecule has 1 aromatic heterocycles. The van der Waals surface area contributed by atoms with E-state index in [1.165, 1.54) is 0 Å². The molecule has 0 bridgehead atoms. The van der Waals surface area contributed by atoms with Crippen molar-refractivity contribution in [2.75, 3.05) is 19.0 Å². The van der Waals surface area contributed by atoms with Crippen LogP contribution in [0, 0.1) is 5.92 Å². The number of nitrogens with zero attached hydrogens (tertiary/aromatic N) is 3. The number of aliphatic imine (C=N–C) groups is 1. The van der Waals surface area contributed by atoms with Gasteiger partial charge in [-0.1, -0.05) is 0 Å². The number of aliphatic hydroxyl groups excluding tert-OH is 1. The van der Waals surface area contributed by atoms with Crippen LogP contribution < -0.4 is 8.44 Å². The van der Waals surface area contributed by atoms with E-state index in [4.69, 9.17) is 4.74 Å². The Kier molecular flexibility index (Phi) is 5.70. The van der Waals surface area contributed by atoms with Crippen molar-refractivity contribution in [3.05, 3.63) is 12.0 Å². The van der Waals surface area contributed by atoms with Crippen LogP contribution in [0.2, 0.25) is 0 Å². The van der Waals surface area contributed by atoms with E-state index in [9.17, 15) is 9.90 Å². The monoisotopic (exact) mass is 485 g/mol. The number of hydrogen-bond acceptors (Lipinski definition) is 5. The number of carbonyl (C=O) groups is 1. The Morgan fingerprint density at radius 2 is 2.52 bits per heavy atom. The Bertz CT molecular complexity index is 533. The second kappa shape index (κ2) is 7.31. The van der Waals surface area contributed by atoms with Crippen molar-refractivity contribution in [1.29, 1.82) is 0 Å². The number of anilines is 1. The molecule has 3 atom stereocenters. The van der Waals surface area contributed by atoms with Crippen LogP contribution in [0.5, 0.6) is 0 Å². The predicted octanol–water partition coefficient (Wildman–Crippen LogP) is -0.318. The van der Waals surface area contributed by atoms with Gasteiger partial charge in [0, 0.05) is 0 Å².